The van der Waals surface area contributed by atoms with Crippen molar-refractivity contribution in [2.24, 2.45) is 0 Å². The van der Waals surface area contributed by atoms with Crippen LogP contribution in [0.4, 0.5) is 4.39 Å². The van der Waals surface area contributed by atoms with Crippen molar-refractivity contribution in [3.8, 4) is 16.9 Å². The van der Waals surface area contributed by atoms with Crippen molar-refractivity contribution in [1.82, 2.24) is 9.80 Å². The van der Waals surface area contributed by atoms with E-state index in [9.17, 15) is 13.8 Å². The van der Waals surface area contributed by atoms with Crippen molar-refractivity contribution >= 4 is 18.8 Å². The second-order valence-corrected chi connectivity index (χ2v) is 16.5. The second kappa shape index (κ2) is 14.2. The lowest BCUT2D eigenvalue weighted by molar-refractivity contribution is -0.132. The van der Waals surface area contributed by atoms with E-state index in [1.807, 2.05) is 77.6 Å². The number of nitrogens with zero attached hydrogens (tertiary/aromatic N) is 2. The molecule has 5 rings (SSSR count). The summed E-state index contributed by atoms with van der Waals surface area (Å²) < 4.78 is 45.6. The summed E-state index contributed by atoms with van der Waals surface area (Å²) in [5.41, 5.74) is 4.13. The van der Waals surface area contributed by atoms with Gasteiger partial charge >= 0.3 is 7.60 Å². The molecule has 0 radical (unpaired) electrons. The van der Waals surface area contributed by atoms with Gasteiger partial charge in [-0.2, -0.15) is 0 Å². The van der Waals surface area contributed by atoms with E-state index in [0.717, 1.165) is 47.6 Å². The Labute approximate surface area is 279 Å². The molecule has 1 saturated carbocycles. The van der Waals surface area contributed by atoms with E-state index in [-0.39, 0.29) is 18.1 Å². The van der Waals surface area contributed by atoms with Gasteiger partial charge in [0.25, 0.3) is 0 Å². The largest absolute Gasteiger partial charge is 0.494 e. The third-order valence-corrected chi connectivity index (χ3v) is 10.7. The SMILES string of the molecule is CCOc1cc(-c2ccc(F)cc2)c(C2CC2)cc1CN1CCN(C(=O)Cc2ccc(P(=O)(OC(C)(C)C)OC(C)(C)C)cc2)CC1. The van der Waals surface area contributed by atoms with Crippen molar-refractivity contribution < 1.29 is 27.5 Å². The highest BCUT2D eigenvalue weighted by molar-refractivity contribution is 7.62. The molecule has 1 saturated heterocycles. The molecule has 0 aromatic heterocycles. The van der Waals surface area contributed by atoms with Crippen LogP contribution in [0.1, 0.15) is 83.9 Å². The first-order chi connectivity index (χ1) is 22.1. The van der Waals surface area contributed by atoms with Gasteiger partial charge in [0.05, 0.1) is 29.5 Å². The Kier molecular flexibility index (Phi) is 10.7. The molecular weight excluding hydrogens is 614 g/mol. The van der Waals surface area contributed by atoms with E-state index < -0.39 is 18.8 Å². The molecule has 1 heterocycles. The standard InChI is InChI=1S/C38H50FN2O5P/c1-8-44-35-25-34(29-13-15-31(39)16-14-29)33(28-11-12-28)24-30(35)26-40-19-21-41(22-20-40)36(42)23-27-9-17-32(18-10-27)47(43,45-37(2,3)4)46-38(5,6)7/h9-10,13-18,24-25,28H,8,11-12,19-23,26H2,1-7H3. The van der Waals surface area contributed by atoms with Crippen molar-refractivity contribution in [2.75, 3.05) is 32.8 Å². The van der Waals surface area contributed by atoms with Crippen molar-refractivity contribution in [3.63, 3.8) is 0 Å². The van der Waals surface area contributed by atoms with E-state index in [2.05, 4.69) is 17.0 Å². The summed E-state index contributed by atoms with van der Waals surface area (Å²) in [5, 5.41) is 0.481. The number of hydrogen-bond donors (Lipinski definition) is 0. The first-order valence-electron chi connectivity index (χ1n) is 16.8. The molecular formula is C38H50FN2O5P. The van der Waals surface area contributed by atoms with Crippen LogP contribution in [0.3, 0.4) is 0 Å². The Bertz CT molecular complexity index is 1560. The van der Waals surface area contributed by atoms with Gasteiger partial charge in [-0.25, -0.2) is 4.39 Å². The highest BCUT2D eigenvalue weighted by Crippen LogP contribution is 2.53. The molecule has 1 amide bonds. The number of ether oxygens (including phenoxy) is 1. The fourth-order valence-electron chi connectivity index (χ4n) is 5.99. The van der Waals surface area contributed by atoms with Gasteiger partial charge in [0, 0.05) is 38.3 Å². The van der Waals surface area contributed by atoms with Crippen molar-refractivity contribution in [1.29, 1.82) is 0 Å². The lowest BCUT2D eigenvalue weighted by atomic mass is 9.93. The Balaban J connectivity index is 1.22. The van der Waals surface area contributed by atoms with Crippen LogP contribution in [0.2, 0.25) is 0 Å². The third-order valence-electron chi connectivity index (χ3n) is 8.22. The minimum absolute atomic E-state index is 0.0761. The molecule has 1 aliphatic heterocycles. The highest BCUT2D eigenvalue weighted by Gasteiger charge is 2.37. The molecule has 47 heavy (non-hydrogen) atoms. The van der Waals surface area contributed by atoms with E-state index in [4.69, 9.17) is 13.8 Å². The van der Waals surface area contributed by atoms with Crippen molar-refractivity contribution in [2.45, 2.75) is 91.4 Å². The van der Waals surface area contributed by atoms with E-state index >= 15 is 0 Å². The average molecular weight is 665 g/mol. The summed E-state index contributed by atoms with van der Waals surface area (Å²) >= 11 is 0. The molecule has 3 aromatic carbocycles. The lowest BCUT2D eigenvalue weighted by Gasteiger charge is -2.35. The minimum Gasteiger partial charge on any atom is -0.494 e. The summed E-state index contributed by atoms with van der Waals surface area (Å²) in [6, 6.07) is 18.3. The number of halogens is 1. The Hall–Kier alpha value is -3.03. The first-order valence-corrected chi connectivity index (χ1v) is 18.3. The first kappa shape index (κ1) is 35.3. The highest BCUT2D eigenvalue weighted by atomic mass is 31.2. The van der Waals surface area contributed by atoms with Crippen LogP contribution in [-0.4, -0.2) is 59.7 Å². The van der Waals surface area contributed by atoms with Gasteiger partial charge in [-0.05, 0) is 126 Å². The van der Waals surface area contributed by atoms with Crippen LogP contribution in [0.5, 0.6) is 5.75 Å². The van der Waals surface area contributed by atoms with Gasteiger partial charge in [0.1, 0.15) is 11.6 Å². The molecule has 9 heteroatoms. The summed E-state index contributed by atoms with van der Waals surface area (Å²) in [4.78, 5) is 17.6. The number of rotatable bonds is 11. The van der Waals surface area contributed by atoms with Gasteiger partial charge in [-0.1, -0.05) is 24.3 Å². The van der Waals surface area contributed by atoms with E-state index in [1.165, 1.54) is 30.5 Å². The monoisotopic (exact) mass is 664 g/mol. The molecule has 0 atom stereocenters. The second-order valence-electron chi connectivity index (χ2n) is 14.7. The van der Waals surface area contributed by atoms with Gasteiger partial charge in [-0.3, -0.25) is 23.3 Å². The van der Waals surface area contributed by atoms with Crippen LogP contribution in [-0.2, 0) is 31.4 Å². The van der Waals surface area contributed by atoms with Gasteiger partial charge in [0.15, 0.2) is 0 Å². The average Bonchev–Trinajstić information content (AvgIpc) is 3.83. The molecule has 1 aliphatic carbocycles. The smallest absolute Gasteiger partial charge is 0.362 e. The van der Waals surface area contributed by atoms with E-state index in [1.54, 1.807) is 12.1 Å². The predicted octanol–water partition coefficient (Wildman–Crippen LogP) is 8.10. The lowest BCUT2D eigenvalue weighted by Crippen LogP contribution is -2.48. The Morgan fingerprint density at radius 3 is 2.00 bits per heavy atom. The number of piperazine rings is 1. The molecule has 0 N–H and O–H groups in total. The fraction of sp³-hybridized carbons (Fsp3) is 0.500. The summed E-state index contributed by atoms with van der Waals surface area (Å²) in [6.45, 7) is 17.3. The molecule has 0 bridgehead atoms. The predicted molar refractivity (Wildman–Crippen MR) is 186 cm³/mol. The molecule has 2 fully saturated rings. The zero-order valence-corrected chi connectivity index (χ0v) is 29.9. The zero-order chi connectivity index (χ0) is 34.0. The van der Waals surface area contributed by atoms with E-state index in [0.29, 0.717) is 30.9 Å². The van der Waals surface area contributed by atoms with Gasteiger partial charge in [-0.15, -0.1) is 0 Å². The van der Waals surface area contributed by atoms with Crippen LogP contribution < -0.4 is 10.0 Å². The Morgan fingerprint density at radius 1 is 0.872 bits per heavy atom. The maximum Gasteiger partial charge on any atom is 0.362 e. The van der Waals surface area contributed by atoms with Crippen molar-refractivity contribution in [3.05, 3.63) is 83.2 Å². The van der Waals surface area contributed by atoms with Gasteiger partial charge < -0.3 is 9.64 Å². The molecule has 0 spiro atoms. The van der Waals surface area contributed by atoms with Crippen LogP contribution >= 0.6 is 7.60 Å². The molecule has 2 aliphatic rings. The normalized spacial score (nSPS) is 16.4. The van der Waals surface area contributed by atoms with Crippen LogP contribution in [0.25, 0.3) is 11.1 Å². The number of benzene rings is 3. The minimum atomic E-state index is -3.59. The van der Waals surface area contributed by atoms with Gasteiger partial charge in [0.2, 0.25) is 5.91 Å². The molecule has 7 nitrogen and oxygen atoms in total. The fourth-order valence-corrected chi connectivity index (χ4v) is 8.20. The summed E-state index contributed by atoms with van der Waals surface area (Å²) in [5.74, 6) is 1.23. The summed E-state index contributed by atoms with van der Waals surface area (Å²) in [7, 11) is -3.59. The zero-order valence-electron chi connectivity index (χ0n) is 29.0. The van der Waals surface area contributed by atoms with Crippen LogP contribution in [0, 0.1) is 5.82 Å². The molecule has 254 valence electrons. The summed E-state index contributed by atoms with van der Waals surface area (Å²) in [6.07, 6.45) is 2.61. The molecule has 3 aromatic rings. The maximum atomic E-state index is 13.8. The number of carbonyl (C=O) groups is 1. The third kappa shape index (κ3) is 9.54. The Morgan fingerprint density at radius 2 is 1.47 bits per heavy atom. The number of carbonyl (C=O) groups excluding carboxylic acids is 1. The topological polar surface area (TPSA) is 68.3 Å². The maximum absolute atomic E-state index is 13.8. The quantitative estimate of drug-likeness (QED) is 0.193. The number of hydrogen-bond acceptors (Lipinski definition) is 6. The molecule has 0 unspecified atom stereocenters. The number of amides is 1. The van der Waals surface area contributed by atoms with Crippen LogP contribution in [0.15, 0.2) is 60.7 Å².